The molecule has 0 saturated heterocycles. The Morgan fingerprint density at radius 1 is 1.63 bits per heavy atom. The molecular weight excluding hydrogens is 246 g/mol. The van der Waals surface area contributed by atoms with Crippen LogP contribution in [0.3, 0.4) is 0 Å². The molecule has 4 N–H and O–H groups in total. The molecule has 19 heavy (non-hydrogen) atoms. The fourth-order valence-electron chi connectivity index (χ4n) is 1.87. The first-order valence-corrected chi connectivity index (χ1v) is 6.23. The van der Waals surface area contributed by atoms with Gasteiger partial charge in [0.25, 0.3) is 5.91 Å². The van der Waals surface area contributed by atoms with Gasteiger partial charge in [0.15, 0.2) is 5.69 Å². The number of anilines is 1. The van der Waals surface area contributed by atoms with Crippen LogP contribution in [0.1, 0.15) is 24.3 Å². The summed E-state index contributed by atoms with van der Waals surface area (Å²) in [7, 11) is 3.72. The van der Waals surface area contributed by atoms with E-state index < -0.39 is 5.60 Å². The largest absolute Gasteiger partial charge is 0.396 e. The predicted molar refractivity (Wildman–Crippen MR) is 73.8 cm³/mol. The number of rotatable bonds is 6. The second-order valence-corrected chi connectivity index (χ2v) is 5.21. The summed E-state index contributed by atoms with van der Waals surface area (Å²) in [6.45, 7) is 4.82. The maximum Gasteiger partial charge on any atom is 0.274 e. The van der Waals surface area contributed by atoms with E-state index in [9.17, 15) is 9.90 Å². The molecule has 0 aromatic carbocycles. The number of hydrogen-bond acceptors (Lipinski definition) is 5. The van der Waals surface area contributed by atoms with Crippen molar-refractivity contribution in [2.24, 2.45) is 0 Å². The number of carbonyl (C=O) groups excluding carboxylic acids is 1. The van der Waals surface area contributed by atoms with Crippen molar-refractivity contribution in [3.63, 3.8) is 0 Å². The molecule has 1 aromatic heterocycles. The van der Waals surface area contributed by atoms with E-state index in [1.54, 1.807) is 17.8 Å². The number of aromatic nitrogens is 2. The van der Waals surface area contributed by atoms with Gasteiger partial charge in [-0.3, -0.25) is 9.48 Å². The third-order valence-electron chi connectivity index (χ3n) is 2.62. The molecule has 0 fully saturated rings. The van der Waals surface area contributed by atoms with Gasteiger partial charge in [-0.2, -0.15) is 5.10 Å². The first-order chi connectivity index (χ1) is 8.75. The van der Waals surface area contributed by atoms with E-state index in [1.807, 2.05) is 25.9 Å². The van der Waals surface area contributed by atoms with Crippen LogP contribution in [0.25, 0.3) is 0 Å². The third-order valence-corrected chi connectivity index (χ3v) is 2.62. The highest BCUT2D eigenvalue weighted by Gasteiger charge is 2.23. The van der Waals surface area contributed by atoms with Crippen molar-refractivity contribution in [3.8, 4) is 0 Å². The van der Waals surface area contributed by atoms with E-state index in [-0.39, 0.29) is 18.1 Å². The third kappa shape index (κ3) is 4.53. The zero-order valence-corrected chi connectivity index (χ0v) is 12.0. The number of nitrogens with zero attached hydrogens (tertiary/aromatic N) is 3. The molecule has 0 aliphatic carbocycles. The number of aliphatic hydroxyl groups is 1. The molecule has 0 radical (unpaired) electrons. The number of aryl methyl sites for hydroxylation is 1. The predicted octanol–water partition coefficient (Wildman–Crippen LogP) is -0.472. The minimum Gasteiger partial charge on any atom is -0.396 e. The Morgan fingerprint density at radius 3 is 2.74 bits per heavy atom. The van der Waals surface area contributed by atoms with Gasteiger partial charge >= 0.3 is 0 Å². The Kier molecular flexibility index (Phi) is 4.90. The van der Waals surface area contributed by atoms with Crippen LogP contribution in [-0.4, -0.2) is 58.5 Å². The summed E-state index contributed by atoms with van der Waals surface area (Å²) >= 11 is 0. The van der Waals surface area contributed by atoms with Crippen LogP contribution >= 0.6 is 0 Å². The molecule has 1 rings (SSSR count). The number of nitrogens with two attached hydrogens (primary N) is 1. The first-order valence-electron chi connectivity index (χ1n) is 6.23. The Bertz CT molecular complexity index is 439. The highest BCUT2D eigenvalue weighted by atomic mass is 16.3. The van der Waals surface area contributed by atoms with Gasteiger partial charge in [-0.1, -0.05) is 0 Å². The van der Waals surface area contributed by atoms with Crippen molar-refractivity contribution >= 4 is 11.6 Å². The molecule has 7 heteroatoms. The Balaban J connectivity index is 2.62. The Morgan fingerprint density at radius 2 is 2.26 bits per heavy atom. The minimum atomic E-state index is -0.999. The molecule has 1 heterocycles. The molecule has 1 atom stereocenters. The molecule has 108 valence electrons. The normalized spacial score (nSPS) is 14.4. The van der Waals surface area contributed by atoms with Crippen molar-refractivity contribution in [2.75, 3.05) is 32.9 Å². The van der Waals surface area contributed by atoms with E-state index in [2.05, 4.69) is 10.4 Å². The zero-order chi connectivity index (χ0) is 14.6. The highest BCUT2D eigenvalue weighted by Crippen LogP contribution is 2.09. The summed E-state index contributed by atoms with van der Waals surface area (Å²) in [6, 6.07) is 0. The van der Waals surface area contributed by atoms with Crippen molar-refractivity contribution in [1.29, 1.82) is 0 Å². The van der Waals surface area contributed by atoms with Gasteiger partial charge in [-0.15, -0.1) is 0 Å². The Labute approximate surface area is 113 Å². The molecular formula is C12H23N5O2. The monoisotopic (exact) mass is 269 g/mol. The summed E-state index contributed by atoms with van der Waals surface area (Å²) in [5, 5.41) is 16.8. The molecule has 1 unspecified atom stereocenters. The van der Waals surface area contributed by atoms with Crippen molar-refractivity contribution in [2.45, 2.75) is 26.0 Å². The summed E-state index contributed by atoms with van der Waals surface area (Å²) in [5.74, 6) is -0.372. The van der Waals surface area contributed by atoms with Gasteiger partial charge in [0, 0.05) is 25.8 Å². The molecule has 0 bridgehead atoms. The summed E-state index contributed by atoms with van der Waals surface area (Å²) < 4.78 is 1.60. The number of likely N-dealkylation sites (N-methyl/N-ethyl adjacent to an activating group) is 1. The molecule has 0 spiro atoms. The van der Waals surface area contributed by atoms with E-state index in [0.717, 1.165) is 0 Å². The van der Waals surface area contributed by atoms with E-state index in [0.29, 0.717) is 18.8 Å². The van der Waals surface area contributed by atoms with Crippen molar-refractivity contribution < 1.29 is 9.90 Å². The molecule has 7 nitrogen and oxygen atoms in total. The molecule has 0 aliphatic rings. The van der Waals surface area contributed by atoms with Crippen LogP contribution in [-0.2, 0) is 6.54 Å². The topological polar surface area (TPSA) is 96.4 Å². The minimum absolute atomic E-state index is 0.141. The van der Waals surface area contributed by atoms with E-state index >= 15 is 0 Å². The molecule has 1 aromatic rings. The van der Waals surface area contributed by atoms with Gasteiger partial charge in [0.2, 0.25) is 0 Å². The van der Waals surface area contributed by atoms with Gasteiger partial charge in [0.1, 0.15) is 0 Å². The van der Waals surface area contributed by atoms with Crippen LogP contribution < -0.4 is 11.1 Å². The lowest BCUT2D eigenvalue weighted by molar-refractivity contribution is 0.0325. The maximum absolute atomic E-state index is 11.9. The smallest absolute Gasteiger partial charge is 0.274 e. The maximum atomic E-state index is 11.9. The second-order valence-electron chi connectivity index (χ2n) is 5.21. The summed E-state index contributed by atoms with van der Waals surface area (Å²) in [5.41, 5.74) is 5.26. The van der Waals surface area contributed by atoms with E-state index in [1.165, 1.54) is 0 Å². The average molecular weight is 269 g/mol. The molecule has 0 saturated carbocycles. The summed E-state index contributed by atoms with van der Waals surface area (Å²) in [4.78, 5) is 13.8. The standard InChI is InChI=1S/C12H23N5O2/c1-5-17-6-9(13)10(15-17)11(18)14-7-12(2,19)8-16(3)4/h6,19H,5,7-8,13H2,1-4H3,(H,14,18). The van der Waals surface area contributed by atoms with Crippen molar-refractivity contribution in [1.82, 2.24) is 20.0 Å². The lowest BCUT2D eigenvalue weighted by Gasteiger charge is -2.26. The lowest BCUT2D eigenvalue weighted by atomic mass is 10.1. The molecule has 1 amide bonds. The second kappa shape index (κ2) is 6.03. The van der Waals surface area contributed by atoms with Crippen LogP contribution in [0.4, 0.5) is 5.69 Å². The number of amides is 1. The van der Waals surface area contributed by atoms with Gasteiger partial charge in [0.05, 0.1) is 11.3 Å². The van der Waals surface area contributed by atoms with Gasteiger partial charge in [-0.25, -0.2) is 0 Å². The lowest BCUT2D eigenvalue weighted by Crippen LogP contribution is -2.47. The van der Waals surface area contributed by atoms with Gasteiger partial charge < -0.3 is 21.1 Å². The number of hydrogen-bond donors (Lipinski definition) is 3. The number of nitrogens with one attached hydrogen (secondary N) is 1. The van der Waals surface area contributed by atoms with E-state index in [4.69, 9.17) is 5.73 Å². The average Bonchev–Trinajstić information content (AvgIpc) is 2.66. The van der Waals surface area contributed by atoms with Crippen LogP contribution in [0, 0.1) is 0 Å². The quantitative estimate of drug-likeness (QED) is 0.648. The first kappa shape index (κ1) is 15.5. The highest BCUT2D eigenvalue weighted by molar-refractivity contribution is 5.97. The fraction of sp³-hybridized carbons (Fsp3) is 0.667. The number of carbonyl (C=O) groups is 1. The van der Waals surface area contributed by atoms with Crippen LogP contribution in [0.5, 0.6) is 0 Å². The SMILES string of the molecule is CCn1cc(N)c(C(=O)NCC(C)(O)CN(C)C)n1. The summed E-state index contributed by atoms with van der Waals surface area (Å²) in [6.07, 6.45) is 1.62. The van der Waals surface area contributed by atoms with Crippen molar-refractivity contribution in [3.05, 3.63) is 11.9 Å². The van der Waals surface area contributed by atoms with Crippen LogP contribution in [0.15, 0.2) is 6.20 Å². The Hall–Kier alpha value is -1.60. The van der Waals surface area contributed by atoms with Gasteiger partial charge in [-0.05, 0) is 27.9 Å². The number of nitrogen functional groups attached to an aromatic ring is 1. The van der Waals surface area contributed by atoms with Crippen LogP contribution in [0.2, 0.25) is 0 Å². The fourth-order valence-corrected chi connectivity index (χ4v) is 1.87. The molecule has 0 aliphatic heterocycles. The zero-order valence-electron chi connectivity index (χ0n) is 12.0.